The fourth-order valence-corrected chi connectivity index (χ4v) is 6.11. The van der Waals surface area contributed by atoms with E-state index in [9.17, 15) is 32.3 Å². The fourth-order valence-electron chi connectivity index (χ4n) is 5.76. The van der Waals surface area contributed by atoms with Crippen LogP contribution >= 0.6 is 11.6 Å². The van der Waals surface area contributed by atoms with Crippen molar-refractivity contribution in [1.29, 1.82) is 0 Å². The summed E-state index contributed by atoms with van der Waals surface area (Å²) in [5, 5.41) is 2.80. The van der Waals surface area contributed by atoms with E-state index in [-0.39, 0.29) is 42.4 Å². The number of alkyl halides is 3. The van der Waals surface area contributed by atoms with Crippen molar-refractivity contribution in [2.24, 2.45) is 0 Å². The molecule has 2 aliphatic rings. The van der Waals surface area contributed by atoms with Gasteiger partial charge < -0.3 is 19.7 Å². The van der Waals surface area contributed by atoms with Crippen molar-refractivity contribution < 1.29 is 37.1 Å². The number of carbonyl (C=O) groups excluding carboxylic acids is 4. The topological polar surface area (TPSA) is 96.0 Å². The van der Waals surface area contributed by atoms with E-state index < -0.39 is 53.8 Å². The monoisotopic (exact) mass is 653 g/mol. The zero-order valence-corrected chi connectivity index (χ0v) is 25.5. The molecule has 2 heterocycles. The summed E-state index contributed by atoms with van der Waals surface area (Å²) in [5.41, 5.74) is 0.791. The summed E-state index contributed by atoms with van der Waals surface area (Å²) < 4.78 is 45.2. The smallest absolute Gasteiger partial charge is 0.416 e. The molecule has 2 saturated heterocycles. The predicted octanol–water partition coefficient (Wildman–Crippen LogP) is 6.11. The van der Waals surface area contributed by atoms with Crippen LogP contribution in [0, 0.1) is 0 Å². The molecule has 8 nitrogen and oxygen atoms in total. The Kier molecular flexibility index (Phi) is 9.81. The number of ketones is 1. The fraction of sp³-hybridized carbons (Fsp3) is 0.294. The first-order chi connectivity index (χ1) is 22.0. The van der Waals surface area contributed by atoms with Crippen LogP contribution in [0.5, 0.6) is 0 Å². The molecule has 0 aliphatic carbocycles. The van der Waals surface area contributed by atoms with E-state index in [1.54, 1.807) is 42.5 Å². The molecule has 1 N–H and O–H groups in total. The first-order valence-corrected chi connectivity index (χ1v) is 15.0. The number of cyclic esters (lactones) is 1. The second-order valence-electron chi connectivity index (χ2n) is 11.2. The van der Waals surface area contributed by atoms with Gasteiger partial charge >= 0.3 is 12.3 Å². The molecule has 0 radical (unpaired) electrons. The molecule has 0 unspecified atom stereocenters. The summed E-state index contributed by atoms with van der Waals surface area (Å²) in [6.07, 6.45) is -3.76. The molecule has 12 heteroatoms. The van der Waals surface area contributed by atoms with Crippen molar-refractivity contribution in [1.82, 2.24) is 15.1 Å². The van der Waals surface area contributed by atoms with Gasteiger partial charge in [0.05, 0.1) is 17.6 Å². The van der Waals surface area contributed by atoms with Crippen molar-refractivity contribution in [2.45, 2.75) is 56.7 Å². The van der Waals surface area contributed by atoms with Crippen molar-refractivity contribution in [3.05, 3.63) is 112 Å². The lowest BCUT2D eigenvalue weighted by molar-refractivity contribution is -0.163. The number of Topliss-reactive ketones (excluding diaryl/α,β-unsaturated/α-hetero) is 1. The highest BCUT2D eigenvalue weighted by molar-refractivity contribution is 6.33. The van der Waals surface area contributed by atoms with E-state index >= 15 is 0 Å². The number of ether oxygens (including phenoxy) is 1. The van der Waals surface area contributed by atoms with Crippen LogP contribution in [0.3, 0.4) is 0 Å². The number of likely N-dealkylation sites (tertiary alicyclic amines) is 1. The first kappa shape index (κ1) is 32.7. The summed E-state index contributed by atoms with van der Waals surface area (Å²) in [6, 6.07) is 18.7. The van der Waals surface area contributed by atoms with Crippen LogP contribution in [0.1, 0.15) is 48.1 Å². The van der Waals surface area contributed by atoms with Gasteiger partial charge in [0.15, 0.2) is 0 Å². The van der Waals surface area contributed by atoms with Crippen molar-refractivity contribution in [3.8, 4) is 0 Å². The molecule has 3 aromatic carbocycles. The quantitative estimate of drug-likeness (QED) is 0.252. The Balaban J connectivity index is 1.48. The standard InChI is InChI=1S/C34H31ClF3N3O5/c1-21(42)15-16-27(31(43)39-19-23-11-8-14-25(17-23)34(36,37)38)40-29(26(35)18-22-9-4-2-5-10-22)30(32(40)44)41-28(20-46-33(41)45)24-12-6-3-7-13-24/h2-14,17-18,27-30H,15-16,19-20H2,1H3,(H,39,43)/b26-18-/t27-,28+,29+,30-/m0/s1. The summed E-state index contributed by atoms with van der Waals surface area (Å²) in [7, 11) is 0. The lowest BCUT2D eigenvalue weighted by Gasteiger charge is -2.53. The lowest BCUT2D eigenvalue weighted by Crippen LogP contribution is -2.75. The second-order valence-corrected chi connectivity index (χ2v) is 11.6. The van der Waals surface area contributed by atoms with E-state index in [1.165, 1.54) is 28.9 Å². The van der Waals surface area contributed by atoms with Crippen LogP contribution in [0.15, 0.2) is 90.0 Å². The number of halogens is 4. The molecule has 46 heavy (non-hydrogen) atoms. The van der Waals surface area contributed by atoms with Gasteiger partial charge in [-0.1, -0.05) is 84.4 Å². The minimum atomic E-state index is -4.56. The maximum atomic E-state index is 14.1. The van der Waals surface area contributed by atoms with Gasteiger partial charge in [-0.25, -0.2) is 4.79 Å². The molecule has 0 aromatic heterocycles. The van der Waals surface area contributed by atoms with Gasteiger partial charge in [0, 0.05) is 18.0 Å². The highest BCUT2D eigenvalue weighted by atomic mass is 35.5. The zero-order valence-electron chi connectivity index (χ0n) is 24.7. The highest BCUT2D eigenvalue weighted by Gasteiger charge is 2.59. The van der Waals surface area contributed by atoms with E-state index in [0.29, 0.717) is 5.56 Å². The summed E-state index contributed by atoms with van der Waals surface area (Å²) in [4.78, 5) is 55.5. The summed E-state index contributed by atoms with van der Waals surface area (Å²) in [6.45, 7) is 1.10. The molecule has 0 saturated carbocycles. The molecule has 0 spiro atoms. The predicted molar refractivity (Wildman–Crippen MR) is 164 cm³/mol. The Bertz CT molecular complexity index is 1630. The Labute approximate surface area is 268 Å². The third-order valence-corrected chi connectivity index (χ3v) is 8.35. The Hall–Kier alpha value is -4.64. The first-order valence-electron chi connectivity index (χ1n) is 14.6. The van der Waals surface area contributed by atoms with Crippen LogP contribution in [0.4, 0.5) is 18.0 Å². The van der Waals surface area contributed by atoms with Gasteiger partial charge in [-0.05, 0) is 48.2 Å². The Morgan fingerprint density at radius 2 is 1.70 bits per heavy atom. The summed E-state index contributed by atoms with van der Waals surface area (Å²) >= 11 is 6.92. The highest BCUT2D eigenvalue weighted by Crippen LogP contribution is 2.42. The molecule has 3 aromatic rings. The SMILES string of the molecule is CC(=O)CC[C@@H](C(=O)NCc1cccc(C(F)(F)F)c1)N1C(=O)[C@@H](N2C(=O)OC[C@@H]2c2ccccc2)[C@H]1/C(Cl)=C/c1ccccc1. The number of hydrogen-bond donors (Lipinski definition) is 1. The molecule has 240 valence electrons. The zero-order chi connectivity index (χ0) is 33.0. The average Bonchev–Trinajstić information content (AvgIpc) is 3.40. The Morgan fingerprint density at radius 3 is 2.35 bits per heavy atom. The number of carbonyl (C=O) groups is 4. The third-order valence-electron chi connectivity index (χ3n) is 8.02. The van der Waals surface area contributed by atoms with E-state index in [1.807, 2.05) is 24.3 Å². The van der Waals surface area contributed by atoms with Crippen molar-refractivity contribution in [2.75, 3.05) is 6.61 Å². The average molecular weight is 654 g/mol. The molecule has 5 rings (SSSR count). The molecule has 0 bridgehead atoms. The number of hydrogen-bond acceptors (Lipinski definition) is 5. The number of benzene rings is 3. The second kappa shape index (κ2) is 13.8. The van der Waals surface area contributed by atoms with Crippen LogP contribution < -0.4 is 5.32 Å². The molecular formula is C34H31ClF3N3O5. The number of rotatable bonds is 11. The Morgan fingerprint density at radius 1 is 1.02 bits per heavy atom. The lowest BCUT2D eigenvalue weighted by atomic mass is 9.86. The summed E-state index contributed by atoms with van der Waals surface area (Å²) in [5.74, 6) is -1.48. The minimum Gasteiger partial charge on any atom is -0.447 e. The number of nitrogens with zero attached hydrogens (tertiary/aromatic N) is 2. The molecule has 2 fully saturated rings. The van der Waals surface area contributed by atoms with Gasteiger partial charge in [-0.3, -0.25) is 14.5 Å². The van der Waals surface area contributed by atoms with Crippen LogP contribution in [0.25, 0.3) is 6.08 Å². The van der Waals surface area contributed by atoms with E-state index in [4.69, 9.17) is 16.3 Å². The van der Waals surface area contributed by atoms with Crippen LogP contribution in [-0.2, 0) is 31.8 Å². The third kappa shape index (κ3) is 7.09. The number of β-lactam (4-membered cyclic amide) rings is 1. The van der Waals surface area contributed by atoms with E-state index in [0.717, 1.165) is 17.7 Å². The van der Waals surface area contributed by atoms with Crippen LogP contribution in [-0.4, -0.2) is 58.2 Å². The van der Waals surface area contributed by atoms with Gasteiger partial charge in [0.2, 0.25) is 11.8 Å². The number of nitrogens with one attached hydrogen (secondary N) is 1. The minimum absolute atomic E-state index is 0.00457. The van der Waals surface area contributed by atoms with Crippen molar-refractivity contribution in [3.63, 3.8) is 0 Å². The maximum Gasteiger partial charge on any atom is 0.416 e. The van der Waals surface area contributed by atoms with Crippen molar-refractivity contribution >= 4 is 41.4 Å². The number of amides is 3. The largest absolute Gasteiger partial charge is 0.447 e. The maximum absolute atomic E-state index is 14.1. The molecular weight excluding hydrogens is 623 g/mol. The van der Waals surface area contributed by atoms with Gasteiger partial charge in [-0.15, -0.1) is 0 Å². The normalized spacial score (nSPS) is 20.6. The molecule has 4 atom stereocenters. The van der Waals surface area contributed by atoms with Gasteiger partial charge in [-0.2, -0.15) is 13.2 Å². The van der Waals surface area contributed by atoms with Gasteiger partial charge in [0.25, 0.3) is 0 Å². The van der Waals surface area contributed by atoms with Crippen LogP contribution in [0.2, 0.25) is 0 Å². The van der Waals surface area contributed by atoms with E-state index in [2.05, 4.69) is 5.32 Å². The molecule has 3 amide bonds. The molecule has 2 aliphatic heterocycles. The van der Waals surface area contributed by atoms with Gasteiger partial charge in [0.1, 0.15) is 24.5 Å².